The molecule has 3 aromatic carbocycles. The first-order valence-electron chi connectivity index (χ1n) is 20.6. The lowest BCUT2D eigenvalue weighted by Gasteiger charge is -2.35. The molecular formula is C45H52BrN3O12. The van der Waals surface area contributed by atoms with Gasteiger partial charge in [0.1, 0.15) is 23.9 Å². The Bertz CT molecular complexity index is 2000. The van der Waals surface area contributed by atoms with Gasteiger partial charge in [-0.15, -0.1) is 0 Å². The summed E-state index contributed by atoms with van der Waals surface area (Å²) >= 11 is 3.43. The molecule has 61 heavy (non-hydrogen) atoms. The van der Waals surface area contributed by atoms with Crippen molar-refractivity contribution in [1.29, 1.82) is 0 Å². The Balaban J connectivity index is 0.000000144. The number of halogens is 1. The lowest BCUT2D eigenvalue weighted by atomic mass is 9.85. The molecule has 3 heterocycles. The number of ether oxygens (including phenoxy) is 5. The smallest absolute Gasteiger partial charge is 0.337 e. The highest BCUT2D eigenvalue weighted by Gasteiger charge is 2.32. The van der Waals surface area contributed by atoms with E-state index < -0.39 is 18.5 Å². The van der Waals surface area contributed by atoms with Gasteiger partial charge in [0, 0.05) is 24.0 Å². The number of methoxy groups -OCH3 is 2. The number of fused-ring (bicyclic) bond motifs is 3. The molecule has 0 atom stereocenters. The molecule has 326 valence electrons. The predicted octanol–water partition coefficient (Wildman–Crippen LogP) is 6.37. The highest BCUT2D eigenvalue weighted by molar-refractivity contribution is 9.09. The summed E-state index contributed by atoms with van der Waals surface area (Å²) < 4.78 is 25.2. The molecular weight excluding hydrogens is 854 g/mol. The van der Waals surface area contributed by atoms with Gasteiger partial charge in [0.15, 0.2) is 25.6 Å². The Morgan fingerprint density at radius 3 is 1.52 bits per heavy atom. The first kappa shape index (κ1) is 45.1. The van der Waals surface area contributed by atoms with Crippen molar-refractivity contribution in [2.75, 3.05) is 74.2 Å². The van der Waals surface area contributed by atoms with Crippen LogP contribution in [0, 0.1) is 17.8 Å². The van der Waals surface area contributed by atoms with Crippen molar-refractivity contribution in [1.82, 2.24) is 0 Å². The van der Waals surface area contributed by atoms with Crippen LogP contribution in [0.15, 0.2) is 54.6 Å². The molecule has 3 aromatic rings. The van der Waals surface area contributed by atoms with Crippen molar-refractivity contribution in [2.45, 2.75) is 57.8 Å². The number of Topliss-reactive ketones (excluding diaryl/α,β-unsaturated/α-hetero) is 1. The van der Waals surface area contributed by atoms with E-state index in [1.165, 1.54) is 57.7 Å². The van der Waals surface area contributed by atoms with Gasteiger partial charge in [-0.05, 0) is 111 Å². The highest BCUT2D eigenvalue weighted by Crippen LogP contribution is 2.38. The number of aliphatic hydroxyl groups excluding tert-OH is 1. The lowest BCUT2D eigenvalue weighted by Crippen LogP contribution is -2.43. The molecule has 6 aliphatic rings. The summed E-state index contributed by atoms with van der Waals surface area (Å²) in [6, 6.07) is 14.7. The summed E-state index contributed by atoms with van der Waals surface area (Å²) in [5, 5.41) is 12.8. The van der Waals surface area contributed by atoms with Crippen molar-refractivity contribution < 1.29 is 57.6 Å². The number of esters is 2. The third-order valence-electron chi connectivity index (χ3n) is 11.5. The number of nitrogens with zero attached hydrogens (tertiary/aromatic N) is 2. The molecule has 9 rings (SSSR count). The Morgan fingerprint density at radius 1 is 0.656 bits per heavy atom. The number of nitrogens with one attached hydrogen (secondary N) is 1. The highest BCUT2D eigenvalue weighted by atomic mass is 79.9. The summed E-state index contributed by atoms with van der Waals surface area (Å²) in [4.78, 5) is 73.0. The molecule has 0 radical (unpaired) electrons. The van der Waals surface area contributed by atoms with E-state index in [0.717, 1.165) is 31.6 Å². The van der Waals surface area contributed by atoms with Crippen LogP contribution in [0.1, 0.15) is 88.9 Å². The standard InChI is InChI=1S/2C15H17NO4.C10H9NO4.C5H9Br/c1-19-15(18)11-5-6-13-12(7-11)16(14(17)9-20-13)8-10-3-2-4-10;17-8-13(18)11-4-5-14-12(6-11)16(15(19)9-20-14)7-10-2-1-3-10;1-14-10(13)6-2-3-8-7(4-6)11-9(12)5-15-8;6-4-5-2-1-3-5/h5-7,10H,2-4,8-9H2,1H3;4-6,10,17H,1-3,7-9H2;2-4H,5H2,1H3,(H,11,12);5H,1-4H2. The molecule has 0 spiro atoms. The molecule has 0 aromatic heterocycles. The van der Waals surface area contributed by atoms with Crippen LogP contribution in [0.3, 0.4) is 0 Å². The summed E-state index contributed by atoms with van der Waals surface area (Å²) in [5.41, 5.74) is 3.03. The van der Waals surface area contributed by atoms with Crippen LogP contribution < -0.4 is 29.3 Å². The minimum atomic E-state index is -0.532. The first-order valence-corrected chi connectivity index (χ1v) is 21.7. The summed E-state index contributed by atoms with van der Waals surface area (Å²) in [6.07, 6.45) is 11.5. The topological polar surface area (TPSA) is 187 Å². The fourth-order valence-corrected chi connectivity index (χ4v) is 7.80. The minimum absolute atomic E-state index is 0.00453. The third-order valence-corrected chi connectivity index (χ3v) is 12.4. The monoisotopic (exact) mass is 905 g/mol. The van der Waals surface area contributed by atoms with Crippen LogP contribution in [0.5, 0.6) is 17.2 Å². The number of hydrogen-bond donors (Lipinski definition) is 2. The normalized spacial score (nSPS) is 17.5. The number of alkyl halides is 1. The van der Waals surface area contributed by atoms with Gasteiger partial charge in [-0.2, -0.15) is 0 Å². The van der Waals surface area contributed by atoms with Crippen LogP contribution in [-0.4, -0.2) is 99.6 Å². The average Bonchev–Trinajstić information content (AvgIpc) is 3.23. The Kier molecular flexibility index (Phi) is 15.8. The summed E-state index contributed by atoms with van der Waals surface area (Å²) in [5.74, 6) is 2.41. The molecule has 3 saturated carbocycles. The SMILES string of the molecule is BrCC1CCC1.COC(=O)c1ccc2c(c1)N(CC1CCC1)C(=O)CO2.COC(=O)c1ccc2c(c1)NC(=O)CO2.O=C(CO)c1ccc2c(c1)N(CC1CCC1)C(=O)CO2. The van der Waals surface area contributed by atoms with Gasteiger partial charge in [0.2, 0.25) is 0 Å². The molecule has 0 unspecified atom stereocenters. The molecule has 16 heteroatoms. The zero-order valence-electron chi connectivity index (χ0n) is 34.5. The molecule has 0 saturated heterocycles. The van der Waals surface area contributed by atoms with Crippen LogP contribution in [0.25, 0.3) is 0 Å². The van der Waals surface area contributed by atoms with E-state index in [1.807, 2.05) is 0 Å². The van der Waals surface area contributed by atoms with Crippen molar-refractivity contribution in [3.8, 4) is 17.2 Å². The van der Waals surface area contributed by atoms with E-state index in [1.54, 1.807) is 58.3 Å². The number of benzene rings is 3. The van der Waals surface area contributed by atoms with E-state index >= 15 is 0 Å². The zero-order valence-corrected chi connectivity index (χ0v) is 36.0. The molecule has 3 aliphatic carbocycles. The number of anilines is 3. The number of carbonyl (C=O) groups excluding carboxylic acids is 6. The largest absolute Gasteiger partial charge is 0.482 e. The maximum atomic E-state index is 12.1. The Hall–Kier alpha value is -5.48. The number of amides is 3. The molecule has 2 N–H and O–H groups in total. The van der Waals surface area contributed by atoms with Gasteiger partial charge in [-0.3, -0.25) is 19.2 Å². The maximum Gasteiger partial charge on any atom is 0.337 e. The minimum Gasteiger partial charge on any atom is -0.482 e. The fourth-order valence-electron chi connectivity index (χ4n) is 7.16. The van der Waals surface area contributed by atoms with Crippen molar-refractivity contribution in [3.63, 3.8) is 0 Å². The number of hydrogen-bond acceptors (Lipinski definition) is 12. The summed E-state index contributed by atoms with van der Waals surface area (Å²) in [6.45, 7) is 0.983. The van der Waals surface area contributed by atoms with Gasteiger partial charge in [0.25, 0.3) is 17.7 Å². The van der Waals surface area contributed by atoms with Crippen molar-refractivity contribution >= 4 is 68.4 Å². The third kappa shape index (κ3) is 11.5. The second-order valence-corrected chi connectivity index (χ2v) is 16.3. The van der Waals surface area contributed by atoms with Crippen LogP contribution in [-0.2, 0) is 23.9 Å². The second-order valence-electron chi connectivity index (χ2n) is 15.6. The number of ketones is 1. The van der Waals surface area contributed by atoms with Gasteiger partial charge < -0.3 is 43.9 Å². The number of aliphatic hydroxyl groups is 1. The zero-order chi connectivity index (χ0) is 43.5. The molecule has 3 amide bonds. The lowest BCUT2D eigenvalue weighted by molar-refractivity contribution is -0.122. The molecule has 3 fully saturated rings. The Labute approximate surface area is 363 Å². The van der Waals surface area contributed by atoms with Crippen LogP contribution in [0.2, 0.25) is 0 Å². The van der Waals surface area contributed by atoms with Gasteiger partial charge >= 0.3 is 11.9 Å². The van der Waals surface area contributed by atoms with E-state index in [4.69, 9.17) is 24.1 Å². The molecule has 15 nitrogen and oxygen atoms in total. The molecule has 3 aliphatic heterocycles. The van der Waals surface area contributed by atoms with Gasteiger partial charge in [-0.25, -0.2) is 9.59 Å². The Morgan fingerprint density at radius 2 is 1.10 bits per heavy atom. The average molecular weight is 907 g/mol. The predicted molar refractivity (Wildman–Crippen MR) is 229 cm³/mol. The number of carbonyl (C=O) groups is 6. The fraction of sp³-hybridized carbons (Fsp3) is 0.467. The number of rotatable bonds is 9. The van der Waals surface area contributed by atoms with Gasteiger partial charge in [-0.1, -0.05) is 35.2 Å². The van der Waals surface area contributed by atoms with Crippen molar-refractivity contribution in [3.05, 3.63) is 71.3 Å². The maximum absolute atomic E-state index is 12.1. The summed E-state index contributed by atoms with van der Waals surface area (Å²) in [7, 11) is 2.65. The molecule has 0 bridgehead atoms. The quantitative estimate of drug-likeness (QED) is 0.138. The first-order chi connectivity index (χ1) is 29.5. The van der Waals surface area contributed by atoms with Crippen LogP contribution >= 0.6 is 15.9 Å². The van der Waals surface area contributed by atoms with Gasteiger partial charge in [0.05, 0.1) is 42.4 Å². The van der Waals surface area contributed by atoms with E-state index in [9.17, 15) is 28.8 Å². The second kappa shape index (κ2) is 21.4. The van der Waals surface area contributed by atoms with Crippen LogP contribution in [0.4, 0.5) is 17.1 Å². The van der Waals surface area contributed by atoms with E-state index in [-0.39, 0.29) is 43.3 Å². The van der Waals surface area contributed by atoms with Crippen molar-refractivity contribution in [2.24, 2.45) is 17.8 Å². The van der Waals surface area contributed by atoms with E-state index in [0.29, 0.717) is 75.9 Å². The van der Waals surface area contributed by atoms with E-state index in [2.05, 4.69) is 26.0 Å².